The lowest BCUT2D eigenvalue weighted by Crippen LogP contribution is -2.55. The van der Waals surface area contributed by atoms with E-state index in [1.165, 1.54) is 0 Å². The number of amides is 3. The van der Waals surface area contributed by atoms with Gasteiger partial charge in [-0.25, -0.2) is 0 Å². The van der Waals surface area contributed by atoms with Crippen LogP contribution in [0, 0.1) is 5.92 Å². The number of hydrogen-bond acceptors (Lipinski definition) is 4. The maximum Gasteiger partial charge on any atom is 0.248 e. The molecule has 2 unspecified atom stereocenters. The van der Waals surface area contributed by atoms with Gasteiger partial charge in [-0.3, -0.25) is 14.4 Å². The minimum absolute atomic E-state index is 0.00515. The molecule has 2 atom stereocenters. The van der Waals surface area contributed by atoms with Gasteiger partial charge in [-0.05, 0) is 12.8 Å². The summed E-state index contributed by atoms with van der Waals surface area (Å²) in [4.78, 5) is 39.3. The third-order valence-corrected chi connectivity index (χ3v) is 4.01. The van der Waals surface area contributed by atoms with E-state index in [2.05, 4.69) is 0 Å². The summed E-state index contributed by atoms with van der Waals surface area (Å²) in [5.41, 5.74) is 5.23. The first-order chi connectivity index (χ1) is 9.91. The molecular weight excluding hydrogens is 274 g/mol. The second-order valence-electron chi connectivity index (χ2n) is 5.89. The first-order valence-electron chi connectivity index (χ1n) is 7.42. The van der Waals surface area contributed by atoms with Crippen molar-refractivity contribution < 1.29 is 19.1 Å². The molecular formula is C14H23N3O4. The van der Waals surface area contributed by atoms with Crippen LogP contribution in [0.2, 0.25) is 0 Å². The van der Waals surface area contributed by atoms with E-state index in [9.17, 15) is 14.4 Å². The summed E-state index contributed by atoms with van der Waals surface area (Å²) in [6.07, 6.45) is 0.757. The molecule has 0 aromatic carbocycles. The lowest BCUT2D eigenvalue weighted by Gasteiger charge is -2.35. The number of nitrogens with two attached hydrogens (primary N) is 1. The summed E-state index contributed by atoms with van der Waals surface area (Å²) in [6.45, 7) is 5.19. The predicted octanol–water partition coefficient (Wildman–Crippen LogP) is -0.654. The third kappa shape index (κ3) is 3.34. The molecule has 0 aliphatic carbocycles. The maximum absolute atomic E-state index is 12.6. The highest BCUT2D eigenvalue weighted by Gasteiger charge is 2.39. The van der Waals surface area contributed by atoms with Crippen LogP contribution in [0.25, 0.3) is 0 Å². The number of ether oxygens (including phenoxy) is 1. The summed E-state index contributed by atoms with van der Waals surface area (Å²) in [7, 11) is 0. The van der Waals surface area contributed by atoms with Crippen molar-refractivity contribution >= 4 is 17.7 Å². The van der Waals surface area contributed by atoms with E-state index in [4.69, 9.17) is 10.5 Å². The lowest BCUT2D eigenvalue weighted by molar-refractivity contribution is -0.152. The summed E-state index contributed by atoms with van der Waals surface area (Å²) < 4.78 is 5.25. The zero-order valence-corrected chi connectivity index (χ0v) is 12.6. The van der Waals surface area contributed by atoms with Gasteiger partial charge >= 0.3 is 0 Å². The Bertz CT molecular complexity index is 438. The van der Waals surface area contributed by atoms with E-state index < -0.39 is 18.1 Å². The Morgan fingerprint density at radius 2 is 1.95 bits per heavy atom. The largest absolute Gasteiger partial charge is 0.367 e. The summed E-state index contributed by atoms with van der Waals surface area (Å²) >= 11 is 0. The summed E-state index contributed by atoms with van der Waals surface area (Å²) in [6, 6.07) is -0.411. The van der Waals surface area contributed by atoms with Crippen molar-refractivity contribution in [3.63, 3.8) is 0 Å². The Balaban J connectivity index is 2.04. The molecule has 0 aromatic rings. The van der Waals surface area contributed by atoms with Gasteiger partial charge in [-0.15, -0.1) is 0 Å². The van der Waals surface area contributed by atoms with Gasteiger partial charge in [-0.1, -0.05) is 13.8 Å². The van der Waals surface area contributed by atoms with Crippen LogP contribution in [0.4, 0.5) is 0 Å². The lowest BCUT2D eigenvalue weighted by atomic mass is 10.1. The zero-order valence-electron chi connectivity index (χ0n) is 12.6. The standard InChI is InChI=1S/C14H23N3O4/c1-9(2)13(19)17-5-3-4-10(17)14(20)16-6-7-21-11(8-16)12(15)18/h9-11H,3-8H2,1-2H3,(H2,15,18). The molecule has 2 rings (SSSR count). The highest BCUT2D eigenvalue weighted by molar-refractivity contribution is 5.89. The van der Waals surface area contributed by atoms with E-state index in [1.54, 1.807) is 9.80 Å². The van der Waals surface area contributed by atoms with Crippen LogP contribution in [-0.2, 0) is 19.1 Å². The van der Waals surface area contributed by atoms with E-state index in [-0.39, 0.29) is 24.3 Å². The maximum atomic E-state index is 12.6. The second-order valence-corrected chi connectivity index (χ2v) is 5.89. The molecule has 3 amide bonds. The summed E-state index contributed by atoms with van der Waals surface area (Å²) in [5, 5.41) is 0. The highest BCUT2D eigenvalue weighted by atomic mass is 16.5. The molecule has 2 aliphatic heterocycles. The molecule has 2 saturated heterocycles. The summed E-state index contributed by atoms with van der Waals surface area (Å²) in [5.74, 6) is -0.780. The second kappa shape index (κ2) is 6.43. The molecule has 2 aliphatic rings. The minimum atomic E-state index is -0.752. The first-order valence-corrected chi connectivity index (χ1v) is 7.42. The fourth-order valence-corrected chi connectivity index (χ4v) is 2.85. The monoisotopic (exact) mass is 297 g/mol. The molecule has 118 valence electrons. The molecule has 0 spiro atoms. The third-order valence-electron chi connectivity index (χ3n) is 4.01. The van der Waals surface area contributed by atoms with E-state index >= 15 is 0 Å². The van der Waals surface area contributed by atoms with Gasteiger partial charge in [0.1, 0.15) is 6.04 Å². The average molecular weight is 297 g/mol. The van der Waals surface area contributed by atoms with Crippen molar-refractivity contribution in [3.05, 3.63) is 0 Å². The number of rotatable bonds is 3. The number of morpholine rings is 1. The van der Waals surface area contributed by atoms with Crippen molar-refractivity contribution in [2.75, 3.05) is 26.2 Å². The quantitative estimate of drug-likeness (QED) is 0.749. The number of carbonyl (C=O) groups excluding carboxylic acids is 3. The number of nitrogens with zero attached hydrogens (tertiary/aromatic N) is 2. The highest BCUT2D eigenvalue weighted by Crippen LogP contribution is 2.22. The van der Waals surface area contributed by atoms with Crippen molar-refractivity contribution in [3.8, 4) is 0 Å². The van der Waals surface area contributed by atoms with Gasteiger partial charge in [0.15, 0.2) is 6.10 Å². The normalized spacial score (nSPS) is 26.2. The van der Waals surface area contributed by atoms with Gasteiger partial charge < -0.3 is 20.3 Å². The smallest absolute Gasteiger partial charge is 0.248 e. The fourth-order valence-electron chi connectivity index (χ4n) is 2.85. The Hall–Kier alpha value is -1.63. The molecule has 0 bridgehead atoms. The van der Waals surface area contributed by atoms with Gasteiger partial charge in [0, 0.05) is 19.0 Å². The molecule has 0 saturated carbocycles. The van der Waals surface area contributed by atoms with Crippen LogP contribution < -0.4 is 5.73 Å². The molecule has 2 fully saturated rings. The number of primary amides is 1. The van der Waals surface area contributed by atoms with Crippen LogP contribution in [0.15, 0.2) is 0 Å². The topological polar surface area (TPSA) is 92.9 Å². The molecule has 7 nitrogen and oxygen atoms in total. The number of hydrogen-bond donors (Lipinski definition) is 1. The number of carbonyl (C=O) groups is 3. The van der Waals surface area contributed by atoms with Crippen LogP contribution in [0.5, 0.6) is 0 Å². The van der Waals surface area contributed by atoms with E-state index in [0.29, 0.717) is 26.1 Å². The van der Waals surface area contributed by atoms with Crippen LogP contribution >= 0.6 is 0 Å². The van der Waals surface area contributed by atoms with Crippen molar-refractivity contribution in [1.82, 2.24) is 9.80 Å². The minimum Gasteiger partial charge on any atom is -0.367 e. The van der Waals surface area contributed by atoms with Crippen LogP contribution in [0.1, 0.15) is 26.7 Å². The van der Waals surface area contributed by atoms with Gasteiger partial charge in [0.25, 0.3) is 0 Å². The Kier molecular flexibility index (Phi) is 4.82. The fraction of sp³-hybridized carbons (Fsp3) is 0.786. The van der Waals surface area contributed by atoms with E-state index in [1.807, 2.05) is 13.8 Å². The molecule has 21 heavy (non-hydrogen) atoms. The molecule has 0 radical (unpaired) electrons. The van der Waals surface area contributed by atoms with Gasteiger partial charge in [-0.2, -0.15) is 0 Å². The molecule has 7 heteroatoms. The Labute approximate surface area is 124 Å². The Morgan fingerprint density at radius 3 is 2.57 bits per heavy atom. The number of likely N-dealkylation sites (tertiary alicyclic amines) is 1. The average Bonchev–Trinajstić information content (AvgIpc) is 2.94. The van der Waals surface area contributed by atoms with Crippen molar-refractivity contribution in [1.29, 1.82) is 0 Å². The SMILES string of the molecule is CC(C)C(=O)N1CCCC1C(=O)N1CCOC(C(N)=O)C1. The van der Waals surface area contributed by atoms with Crippen LogP contribution in [0.3, 0.4) is 0 Å². The van der Waals surface area contributed by atoms with Gasteiger partial charge in [0.2, 0.25) is 17.7 Å². The van der Waals surface area contributed by atoms with Crippen LogP contribution in [-0.4, -0.2) is 65.9 Å². The van der Waals surface area contributed by atoms with Crippen molar-refractivity contribution in [2.45, 2.75) is 38.8 Å². The first kappa shape index (κ1) is 15.8. The zero-order chi connectivity index (χ0) is 15.6. The predicted molar refractivity (Wildman–Crippen MR) is 75.1 cm³/mol. The van der Waals surface area contributed by atoms with Gasteiger partial charge in [0.05, 0.1) is 13.2 Å². The molecule has 0 aromatic heterocycles. The Morgan fingerprint density at radius 1 is 1.24 bits per heavy atom. The van der Waals surface area contributed by atoms with Crippen molar-refractivity contribution in [2.24, 2.45) is 11.7 Å². The molecule has 2 heterocycles. The molecule has 2 N–H and O–H groups in total. The van der Waals surface area contributed by atoms with E-state index in [0.717, 1.165) is 6.42 Å².